The summed E-state index contributed by atoms with van der Waals surface area (Å²) in [4.78, 5) is 0. The maximum absolute atomic E-state index is 12.1. The monoisotopic (exact) mass is 320 g/mol. The molecule has 0 aliphatic carbocycles. The van der Waals surface area contributed by atoms with Gasteiger partial charge in [-0.1, -0.05) is 18.2 Å². The summed E-state index contributed by atoms with van der Waals surface area (Å²) in [6, 6.07) is 9.87. The molecule has 0 unspecified atom stereocenters. The van der Waals surface area contributed by atoms with Gasteiger partial charge in [0.2, 0.25) is 0 Å². The maximum atomic E-state index is 12.1. The van der Waals surface area contributed by atoms with Gasteiger partial charge < -0.3 is 4.74 Å². The molecular weight excluding hydrogens is 309 g/mol. The summed E-state index contributed by atoms with van der Waals surface area (Å²) >= 11 is 0. The Bertz CT molecular complexity index is 754. The first-order chi connectivity index (χ1) is 9.73. The van der Waals surface area contributed by atoms with Crippen LogP contribution < -0.4 is 4.74 Å². The number of hydrogen-bond donors (Lipinski definition) is 0. The van der Waals surface area contributed by atoms with Gasteiger partial charge in [-0.2, -0.15) is 21.6 Å². The number of ether oxygens (including phenoxy) is 1. The first kappa shape index (κ1) is 15.6. The molecule has 2 aromatic rings. The molecular formula is C13H11F3O4S. The third-order valence-corrected chi connectivity index (χ3v) is 3.77. The van der Waals surface area contributed by atoms with Crippen LogP contribution in [-0.4, -0.2) is 21.0 Å². The van der Waals surface area contributed by atoms with Crippen molar-refractivity contribution in [3.8, 4) is 5.75 Å². The van der Waals surface area contributed by atoms with Crippen molar-refractivity contribution in [2.75, 3.05) is 7.11 Å². The van der Waals surface area contributed by atoms with Gasteiger partial charge >= 0.3 is 15.6 Å². The fourth-order valence-corrected chi connectivity index (χ4v) is 2.13. The molecule has 0 bridgehead atoms. The van der Waals surface area contributed by atoms with Crippen molar-refractivity contribution in [2.45, 2.75) is 12.1 Å². The number of benzene rings is 2. The average Bonchev–Trinajstić information content (AvgIpc) is 2.43. The fourth-order valence-electron chi connectivity index (χ4n) is 1.70. The molecule has 0 aliphatic rings. The van der Waals surface area contributed by atoms with E-state index in [0.29, 0.717) is 11.3 Å². The predicted octanol–water partition coefficient (Wildman–Crippen LogP) is 3.21. The minimum atomic E-state index is -5.58. The molecule has 0 aromatic heterocycles. The van der Waals surface area contributed by atoms with E-state index >= 15 is 0 Å². The Morgan fingerprint density at radius 1 is 1.05 bits per heavy atom. The third-order valence-electron chi connectivity index (χ3n) is 2.78. The molecule has 2 rings (SSSR count). The van der Waals surface area contributed by atoms with Gasteiger partial charge in [-0.05, 0) is 34.5 Å². The molecule has 0 amide bonds. The zero-order valence-electron chi connectivity index (χ0n) is 10.8. The van der Waals surface area contributed by atoms with Gasteiger partial charge in [-0.25, -0.2) is 0 Å². The molecule has 0 heterocycles. The van der Waals surface area contributed by atoms with Gasteiger partial charge in [0.25, 0.3) is 0 Å². The molecule has 0 atom stereocenters. The lowest BCUT2D eigenvalue weighted by Gasteiger charge is -2.09. The standard InChI is InChI=1S/C13H11F3O4S/c1-19-12-5-4-10-6-9(2-3-11(10)7-12)8-20-21(17,18)13(14,15)16/h2-7H,8H2,1H3. The summed E-state index contributed by atoms with van der Waals surface area (Å²) in [6.45, 7) is -0.677. The fraction of sp³-hybridized carbons (Fsp3) is 0.231. The highest BCUT2D eigenvalue weighted by molar-refractivity contribution is 7.87. The Morgan fingerprint density at radius 2 is 1.67 bits per heavy atom. The molecule has 4 nitrogen and oxygen atoms in total. The van der Waals surface area contributed by atoms with Crippen molar-refractivity contribution in [3.05, 3.63) is 42.0 Å². The number of alkyl halides is 3. The first-order valence-corrected chi connectivity index (χ1v) is 7.16. The van der Waals surface area contributed by atoms with E-state index in [9.17, 15) is 21.6 Å². The van der Waals surface area contributed by atoms with Crippen LogP contribution in [0.3, 0.4) is 0 Å². The van der Waals surface area contributed by atoms with Crippen LogP contribution in [0.15, 0.2) is 36.4 Å². The average molecular weight is 320 g/mol. The van der Waals surface area contributed by atoms with Crippen LogP contribution in [0.4, 0.5) is 13.2 Å². The zero-order chi connectivity index (χ0) is 15.7. The van der Waals surface area contributed by atoms with E-state index in [-0.39, 0.29) is 0 Å². The molecule has 0 aliphatic heterocycles. The van der Waals surface area contributed by atoms with Crippen molar-refractivity contribution in [1.29, 1.82) is 0 Å². The molecule has 8 heteroatoms. The summed E-state index contributed by atoms with van der Waals surface area (Å²) in [5, 5.41) is 1.55. The summed E-state index contributed by atoms with van der Waals surface area (Å²) in [5.74, 6) is 0.645. The van der Waals surface area contributed by atoms with E-state index in [0.717, 1.165) is 10.8 Å². The lowest BCUT2D eigenvalue weighted by molar-refractivity contribution is -0.0547. The van der Waals surface area contributed by atoms with Gasteiger partial charge in [0, 0.05) is 0 Å². The van der Waals surface area contributed by atoms with Crippen molar-refractivity contribution in [3.63, 3.8) is 0 Å². The van der Waals surface area contributed by atoms with E-state index in [4.69, 9.17) is 4.74 Å². The van der Waals surface area contributed by atoms with E-state index < -0.39 is 22.2 Å². The Balaban J connectivity index is 2.21. The van der Waals surface area contributed by atoms with Crippen molar-refractivity contribution in [1.82, 2.24) is 0 Å². The highest BCUT2D eigenvalue weighted by Crippen LogP contribution is 2.26. The molecule has 2 aromatic carbocycles. The quantitative estimate of drug-likeness (QED) is 0.641. The van der Waals surface area contributed by atoms with E-state index in [1.807, 2.05) is 0 Å². The summed E-state index contributed by atoms with van der Waals surface area (Å²) < 4.78 is 67.1. The number of fused-ring (bicyclic) bond motifs is 1. The molecule has 21 heavy (non-hydrogen) atoms. The maximum Gasteiger partial charge on any atom is 0.523 e. The number of methoxy groups -OCH3 is 1. The minimum Gasteiger partial charge on any atom is -0.497 e. The van der Waals surface area contributed by atoms with Crippen LogP contribution in [0.25, 0.3) is 10.8 Å². The van der Waals surface area contributed by atoms with Gasteiger partial charge in [0.15, 0.2) is 0 Å². The van der Waals surface area contributed by atoms with Crippen molar-refractivity contribution < 1.29 is 30.5 Å². The van der Waals surface area contributed by atoms with Gasteiger partial charge in [-0.3, -0.25) is 4.18 Å². The minimum absolute atomic E-state index is 0.320. The van der Waals surface area contributed by atoms with Gasteiger partial charge in [0.1, 0.15) is 5.75 Å². The Labute approximate surface area is 119 Å². The third kappa shape index (κ3) is 3.45. The molecule has 0 radical (unpaired) electrons. The van der Waals surface area contributed by atoms with Crippen molar-refractivity contribution in [2.24, 2.45) is 0 Å². The van der Waals surface area contributed by atoms with Crippen LogP contribution in [0.1, 0.15) is 5.56 Å². The molecule has 0 spiro atoms. The number of halogens is 3. The zero-order valence-corrected chi connectivity index (χ0v) is 11.7. The first-order valence-electron chi connectivity index (χ1n) is 5.75. The number of hydrogen-bond acceptors (Lipinski definition) is 4. The van der Waals surface area contributed by atoms with Gasteiger partial charge in [0.05, 0.1) is 13.7 Å². The molecule has 0 N–H and O–H groups in total. The van der Waals surface area contributed by atoms with E-state index in [1.165, 1.54) is 13.2 Å². The van der Waals surface area contributed by atoms with Crippen LogP contribution >= 0.6 is 0 Å². The van der Waals surface area contributed by atoms with Crippen LogP contribution in [0.2, 0.25) is 0 Å². The van der Waals surface area contributed by atoms with Crippen molar-refractivity contribution >= 4 is 20.9 Å². The summed E-state index contributed by atoms with van der Waals surface area (Å²) in [6.07, 6.45) is 0. The smallest absolute Gasteiger partial charge is 0.497 e. The molecule has 114 valence electrons. The largest absolute Gasteiger partial charge is 0.523 e. The normalized spacial score (nSPS) is 12.6. The summed E-state index contributed by atoms with van der Waals surface area (Å²) in [5.41, 5.74) is -5.10. The lowest BCUT2D eigenvalue weighted by Crippen LogP contribution is -2.25. The van der Waals surface area contributed by atoms with E-state index in [1.54, 1.807) is 30.3 Å². The molecule has 0 saturated heterocycles. The Morgan fingerprint density at radius 3 is 2.29 bits per heavy atom. The highest BCUT2D eigenvalue weighted by Gasteiger charge is 2.47. The Hall–Kier alpha value is -1.80. The highest BCUT2D eigenvalue weighted by atomic mass is 32.2. The number of rotatable bonds is 4. The molecule has 0 fully saturated rings. The topological polar surface area (TPSA) is 52.6 Å². The second kappa shape index (κ2) is 5.53. The Kier molecular flexibility index (Phi) is 4.11. The SMILES string of the molecule is COc1ccc2cc(COS(=O)(=O)C(F)(F)F)ccc2c1. The van der Waals surface area contributed by atoms with E-state index in [2.05, 4.69) is 4.18 Å². The molecule has 0 saturated carbocycles. The van der Waals surface area contributed by atoms with Crippen LogP contribution in [-0.2, 0) is 20.9 Å². The predicted molar refractivity (Wildman–Crippen MR) is 70.3 cm³/mol. The second-order valence-electron chi connectivity index (χ2n) is 4.21. The van der Waals surface area contributed by atoms with Crippen LogP contribution in [0, 0.1) is 0 Å². The van der Waals surface area contributed by atoms with Crippen LogP contribution in [0.5, 0.6) is 5.75 Å². The van der Waals surface area contributed by atoms with Gasteiger partial charge in [-0.15, -0.1) is 0 Å². The summed E-state index contributed by atoms with van der Waals surface area (Å²) in [7, 11) is -4.06. The lowest BCUT2D eigenvalue weighted by atomic mass is 10.1. The second-order valence-corrected chi connectivity index (χ2v) is 5.82.